The zero-order chi connectivity index (χ0) is 25.3. The number of aromatic nitrogens is 3. The van der Waals surface area contributed by atoms with E-state index in [0.29, 0.717) is 18.7 Å². The van der Waals surface area contributed by atoms with Crippen molar-refractivity contribution in [3.63, 3.8) is 0 Å². The monoisotopic (exact) mass is 483 g/mol. The molecule has 0 amide bonds. The first-order chi connectivity index (χ1) is 16.6. The average molecular weight is 484 g/mol. The third kappa shape index (κ3) is 5.46. The fourth-order valence-corrected chi connectivity index (χ4v) is 4.56. The number of aliphatic hydroxyl groups is 1. The maximum atomic E-state index is 12.3. The standard InChI is InChI=1S/C25H33N5O5/c1-15-9-18(12-29(4)24(15)32)23-27-20-10-17(11-26-22(16(2)31)25(33)34)5-6-21(20)30(23)14-19-13-28(3)7-8-35-19/h5-6,9-10,12,16,19,22,26,31H,7-8,11,13-14H2,1-4H3,(H,33,34)/t16-,19-,22+/m1/s1. The lowest BCUT2D eigenvalue weighted by molar-refractivity contribution is -0.142. The smallest absolute Gasteiger partial charge is 0.323 e. The van der Waals surface area contributed by atoms with Gasteiger partial charge in [0.15, 0.2) is 0 Å². The van der Waals surface area contributed by atoms with Gasteiger partial charge in [0.05, 0.1) is 36.4 Å². The van der Waals surface area contributed by atoms with Gasteiger partial charge in [-0.1, -0.05) is 6.07 Å². The number of morpholine rings is 1. The molecule has 3 N–H and O–H groups in total. The van der Waals surface area contributed by atoms with Crippen molar-refractivity contribution >= 4 is 17.0 Å². The molecule has 1 aliphatic rings. The predicted molar refractivity (Wildman–Crippen MR) is 132 cm³/mol. The summed E-state index contributed by atoms with van der Waals surface area (Å²) >= 11 is 0. The van der Waals surface area contributed by atoms with Crippen LogP contribution in [0.2, 0.25) is 0 Å². The van der Waals surface area contributed by atoms with Crippen molar-refractivity contribution < 1.29 is 19.7 Å². The Balaban J connectivity index is 1.73. The highest BCUT2D eigenvalue weighted by Gasteiger charge is 2.24. The molecule has 3 atom stereocenters. The highest BCUT2D eigenvalue weighted by Crippen LogP contribution is 2.27. The van der Waals surface area contributed by atoms with Crippen molar-refractivity contribution in [1.82, 2.24) is 24.3 Å². The highest BCUT2D eigenvalue weighted by molar-refractivity contribution is 5.81. The normalized spacial score (nSPS) is 18.6. The van der Waals surface area contributed by atoms with Crippen LogP contribution in [-0.4, -0.2) is 80.2 Å². The second kappa shape index (κ2) is 10.3. The van der Waals surface area contributed by atoms with Crippen LogP contribution < -0.4 is 10.9 Å². The molecule has 10 nitrogen and oxygen atoms in total. The second-order valence-electron chi connectivity index (χ2n) is 9.39. The van der Waals surface area contributed by atoms with E-state index in [1.807, 2.05) is 24.3 Å². The van der Waals surface area contributed by atoms with Crippen LogP contribution in [0.5, 0.6) is 0 Å². The largest absolute Gasteiger partial charge is 0.480 e. The minimum absolute atomic E-state index is 0.00207. The summed E-state index contributed by atoms with van der Waals surface area (Å²) in [7, 11) is 3.81. The number of carboxylic acids is 1. The number of benzene rings is 1. The van der Waals surface area contributed by atoms with E-state index >= 15 is 0 Å². The summed E-state index contributed by atoms with van der Waals surface area (Å²) in [5.74, 6) is -0.358. The molecule has 0 spiro atoms. The molecule has 0 bridgehead atoms. The third-order valence-corrected chi connectivity index (χ3v) is 6.44. The number of ether oxygens (including phenoxy) is 1. The molecular weight excluding hydrogens is 450 g/mol. The second-order valence-corrected chi connectivity index (χ2v) is 9.39. The van der Waals surface area contributed by atoms with Crippen LogP contribution in [0.1, 0.15) is 18.1 Å². The minimum atomic E-state index is -1.10. The molecule has 10 heteroatoms. The number of imidazole rings is 1. The molecule has 0 radical (unpaired) electrons. The van der Waals surface area contributed by atoms with Gasteiger partial charge in [0.1, 0.15) is 11.9 Å². The van der Waals surface area contributed by atoms with E-state index in [4.69, 9.17) is 9.72 Å². The summed E-state index contributed by atoms with van der Waals surface area (Å²) in [6.45, 7) is 6.50. The molecule has 3 heterocycles. The molecule has 0 unspecified atom stereocenters. The molecule has 4 rings (SSSR count). The molecule has 2 aromatic heterocycles. The number of hydrogen-bond donors (Lipinski definition) is 3. The Kier molecular flexibility index (Phi) is 7.36. The molecule has 3 aromatic rings. The number of hydrogen-bond acceptors (Lipinski definition) is 7. The number of nitrogens with zero attached hydrogens (tertiary/aromatic N) is 4. The Bertz CT molecular complexity index is 1250. The number of pyridine rings is 1. The van der Waals surface area contributed by atoms with Gasteiger partial charge in [-0.2, -0.15) is 0 Å². The van der Waals surface area contributed by atoms with Gasteiger partial charge in [0, 0.05) is 44.0 Å². The van der Waals surface area contributed by atoms with Crippen molar-refractivity contribution in [1.29, 1.82) is 0 Å². The summed E-state index contributed by atoms with van der Waals surface area (Å²) in [6.07, 6.45) is 0.773. The lowest BCUT2D eigenvalue weighted by atomic mass is 10.1. The lowest BCUT2D eigenvalue weighted by Crippen LogP contribution is -2.44. The van der Waals surface area contributed by atoms with Gasteiger partial charge in [-0.3, -0.25) is 14.9 Å². The number of aryl methyl sites for hydroxylation is 2. The summed E-state index contributed by atoms with van der Waals surface area (Å²) in [4.78, 5) is 30.8. The highest BCUT2D eigenvalue weighted by atomic mass is 16.5. The molecular formula is C25H33N5O5. The van der Waals surface area contributed by atoms with Crippen LogP contribution in [0, 0.1) is 6.92 Å². The Morgan fingerprint density at radius 3 is 2.74 bits per heavy atom. The van der Waals surface area contributed by atoms with Crippen LogP contribution in [-0.2, 0) is 29.7 Å². The number of likely N-dealkylation sites (N-methyl/N-ethyl adjacent to an activating group) is 1. The van der Waals surface area contributed by atoms with Crippen molar-refractivity contribution in [2.75, 3.05) is 26.7 Å². The van der Waals surface area contributed by atoms with Crippen LogP contribution >= 0.6 is 0 Å². The molecule has 35 heavy (non-hydrogen) atoms. The number of carboxylic acid groups (broad SMARTS) is 1. The molecule has 1 saturated heterocycles. The van der Waals surface area contributed by atoms with Gasteiger partial charge in [-0.25, -0.2) is 4.98 Å². The van der Waals surface area contributed by atoms with E-state index in [9.17, 15) is 19.8 Å². The Morgan fingerprint density at radius 1 is 1.31 bits per heavy atom. The Hall–Kier alpha value is -3.05. The number of fused-ring (bicyclic) bond motifs is 1. The van der Waals surface area contributed by atoms with E-state index in [0.717, 1.165) is 41.1 Å². The van der Waals surface area contributed by atoms with E-state index in [-0.39, 0.29) is 18.2 Å². The van der Waals surface area contributed by atoms with Gasteiger partial charge in [-0.15, -0.1) is 0 Å². The summed E-state index contributed by atoms with van der Waals surface area (Å²) in [6, 6.07) is 6.62. The number of nitrogens with one attached hydrogen (secondary N) is 1. The fourth-order valence-electron chi connectivity index (χ4n) is 4.56. The summed E-state index contributed by atoms with van der Waals surface area (Å²) < 4.78 is 9.72. The van der Waals surface area contributed by atoms with Gasteiger partial charge in [0.2, 0.25) is 0 Å². The SMILES string of the molecule is Cc1cc(-c2nc3cc(CN[C@H](C(=O)O)[C@@H](C)O)ccc3n2C[C@H]2CN(C)CCO2)cn(C)c1=O. The van der Waals surface area contributed by atoms with Crippen LogP contribution in [0.25, 0.3) is 22.4 Å². The minimum Gasteiger partial charge on any atom is -0.480 e. The quantitative estimate of drug-likeness (QED) is 0.433. The Labute approximate surface area is 203 Å². The van der Waals surface area contributed by atoms with Crippen LogP contribution in [0.3, 0.4) is 0 Å². The summed E-state index contributed by atoms with van der Waals surface area (Å²) in [5, 5.41) is 22.0. The van der Waals surface area contributed by atoms with Crippen LogP contribution in [0.15, 0.2) is 35.3 Å². The predicted octanol–water partition coefficient (Wildman–Crippen LogP) is 0.965. The van der Waals surface area contributed by atoms with E-state index in [1.54, 1.807) is 24.7 Å². The molecule has 0 saturated carbocycles. The molecule has 1 fully saturated rings. The zero-order valence-electron chi connectivity index (χ0n) is 20.6. The van der Waals surface area contributed by atoms with Crippen molar-refractivity contribution in [2.24, 2.45) is 7.05 Å². The summed E-state index contributed by atoms with van der Waals surface area (Å²) in [5.41, 5.74) is 3.97. The molecule has 1 aliphatic heterocycles. The zero-order valence-corrected chi connectivity index (χ0v) is 20.6. The van der Waals surface area contributed by atoms with E-state index < -0.39 is 18.1 Å². The molecule has 188 valence electrons. The fraction of sp³-hybridized carbons (Fsp3) is 0.480. The number of aliphatic carboxylic acids is 1. The van der Waals surface area contributed by atoms with E-state index in [2.05, 4.69) is 21.8 Å². The molecule has 0 aliphatic carbocycles. The van der Waals surface area contributed by atoms with Gasteiger partial charge in [-0.05, 0) is 44.7 Å². The maximum absolute atomic E-state index is 12.3. The van der Waals surface area contributed by atoms with Gasteiger partial charge in [0.25, 0.3) is 5.56 Å². The van der Waals surface area contributed by atoms with Gasteiger partial charge >= 0.3 is 5.97 Å². The third-order valence-electron chi connectivity index (χ3n) is 6.44. The Morgan fingerprint density at radius 2 is 2.09 bits per heavy atom. The first-order valence-corrected chi connectivity index (χ1v) is 11.7. The number of rotatable bonds is 8. The van der Waals surface area contributed by atoms with Crippen molar-refractivity contribution in [2.45, 2.75) is 45.2 Å². The number of aliphatic hydroxyl groups excluding tert-OH is 1. The first-order valence-electron chi connectivity index (χ1n) is 11.7. The van der Waals surface area contributed by atoms with Gasteiger partial charge < -0.3 is 29.0 Å². The number of carbonyl (C=O) groups is 1. The maximum Gasteiger partial charge on any atom is 0.323 e. The average Bonchev–Trinajstić information content (AvgIpc) is 3.14. The van der Waals surface area contributed by atoms with Crippen molar-refractivity contribution in [3.8, 4) is 11.4 Å². The van der Waals surface area contributed by atoms with Crippen molar-refractivity contribution in [3.05, 3.63) is 51.9 Å². The van der Waals surface area contributed by atoms with Crippen LogP contribution in [0.4, 0.5) is 0 Å². The molecule has 1 aromatic carbocycles. The topological polar surface area (TPSA) is 122 Å². The van der Waals surface area contributed by atoms with E-state index in [1.165, 1.54) is 6.92 Å². The first kappa shape index (κ1) is 25.1. The lowest BCUT2D eigenvalue weighted by Gasteiger charge is -2.30.